The van der Waals surface area contributed by atoms with Gasteiger partial charge < -0.3 is 23.9 Å². The van der Waals surface area contributed by atoms with Crippen molar-refractivity contribution in [2.24, 2.45) is 0 Å². The van der Waals surface area contributed by atoms with Crippen LogP contribution in [0.4, 0.5) is 13.2 Å². The number of carboxylic acid groups (broad SMARTS) is 1. The smallest absolute Gasteiger partial charge is 0.475 e. The number of aryl methyl sites for hydroxylation is 1. The molecule has 1 atom stereocenters. The number of furan rings is 1. The van der Waals surface area contributed by atoms with Crippen LogP contribution in [0.5, 0.6) is 0 Å². The molecule has 4 rings (SSSR count). The Morgan fingerprint density at radius 2 is 1.94 bits per heavy atom. The molecule has 1 amide bonds. The maximum Gasteiger partial charge on any atom is 0.490 e. The van der Waals surface area contributed by atoms with Crippen molar-refractivity contribution in [1.29, 1.82) is 0 Å². The predicted molar refractivity (Wildman–Crippen MR) is 108 cm³/mol. The summed E-state index contributed by atoms with van der Waals surface area (Å²) in [5.41, 5.74) is 0.771. The molecule has 2 aromatic heterocycles. The van der Waals surface area contributed by atoms with Gasteiger partial charge in [0.2, 0.25) is 0 Å². The van der Waals surface area contributed by atoms with Crippen LogP contribution in [0.25, 0.3) is 0 Å². The number of aliphatic carboxylic acids is 1. The molecular formula is C22H25F3N2O6. The van der Waals surface area contributed by atoms with Crippen molar-refractivity contribution in [1.82, 2.24) is 9.88 Å². The van der Waals surface area contributed by atoms with Gasteiger partial charge in [-0.1, -0.05) is 6.07 Å². The molecule has 0 bridgehead atoms. The Hall–Kier alpha value is -2.92. The quantitative estimate of drug-likeness (QED) is 0.729. The number of halogens is 3. The van der Waals surface area contributed by atoms with Crippen LogP contribution in [0.15, 0.2) is 40.9 Å². The standard InChI is InChI=1S/C20H24N2O4.C2HF3O2/c1-15-5-6-18(26-15)19(23)22-10-7-20(8-11-22)12-17(14-25-20)24-13-16-4-2-3-9-21-16;3-2(4,5)1(6)7/h2-6,9,17H,7-8,10-14H2,1H3;(H,6,7). The van der Waals surface area contributed by atoms with E-state index < -0.39 is 12.1 Å². The van der Waals surface area contributed by atoms with Gasteiger partial charge in [0.15, 0.2) is 5.76 Å². The number of piperidine rings is 1. The average molecular weight is 470 g/mol. The molecule has 1 N–H and O–H groups in total. The number of carbonyl (C=O) groups is 2. The van der Waals surface area contributed by atoms with Crippen molar-refractivity contribution in [3.05, 3.63) is 53.7 Å². The highest BCUT2D eigenvalue weighted by molar-refractivity contribution is 5.91. The highest BCUT2D eigenvalue weighted by Gasteiger charge is 2.44. The van der Waals surface area contributed by atoms with E-state index in [4.69, 9.17) is 23.8 Å². The number of ether oxygens (including phenoxy) is 2. The second kappa shape index (κ2) is 10.3. The maximum atomic E-state index is 12.5. The van der Waals surface area contributed by atoms with Gasteiger partial charge in [-0.3, -0.25) is 9.78 Å². The Bertz CT molecular complexity index is 939. The summed E-state index contributed by atoms with van der Waals surface area (Å²) in [6, 6.07) is 9.39. The average Bonchev–Trinajstić information content (AvgIpc) is 3.39. The zero-order chi connectivity index (χ0) is 24.1. The molecule has 0 radical (unpaired) electrons. The summed E-state index contributed by atoms with van der Waals surface area (Å²) in [7, 11) is 0. The van der Waals surface area contributed by atoms with Crippen molar-refractivity contribution in [3.63, 3.8) is 0 Å². The third-order valence-corrected chi connectivity index (χ3v) is 5.52. The van der Waals surface area contributed by atoms with E-state index >= 15 is 0 Å². The SMILES string of the molecule is Cc1ccc(C(=O)N2CCC3(CC2)CC(OCc2ccccn2)CO3)o1.O=C(O)C(F)(F)F. The van der Waals surface area contributed by atoms with E-state index in [0.29, 0.717) is 32.1 Å². The lowest BCUT2D eigenvalue weighted by atomic mass is 9.88. The van der Waals surface area contributed by atoms with E-state index in [9.17, 15) is 18.0 Å². The molecule has 2 aromatic rings. The number of rotatable bonds is 4. The molecule has 1 unspecified atom stereocenters. The molecular weight excluding hydrogens is 445 g/mol. The topological polar surface area (TPSA) is 102 Å². The number of amides is 1. The fraction of sp³-hybridized carbons (Fsp3) is 0.500. The lowest BCUT2D eigenvalue weighted by molar-refractivity contribution is -0.192. The van der Waals surface area contributed by atoms with Gasteiger partial charge in [-0.05, 0) is 44.0 Å². The van der Waals surface area contributed by atoms with Crippen LogP contribution in [-0.4, -0.2) is 64.4 Å². The Balaban J connectivity index is 0.000000383. The Labute approximate surface area is 188 Å². The third-order valence-electron chi connectivity index (χ3n) is 5.52. The number of pyridine rings is 1. The molecule has 2 aliphatic rings. The van der Waals surface area contributed by atoms with Crippen LogP contribution in [0.2, 0.25) is 0 Å². The van der Waals surface area contributed by atoms with Gasteiger partial charge in [0.25, 0.3) is 5.91 Å². The summed E-state index contributed by atoms with van der Waals surface area (Å²) in [5.74, 6) is -1.61. The van der Waals surface area contributed by atoms with Gasteiger partial charge in [-0.15, -0.1) is 0 Å². The first-order valence-corrected chi connectivity index (χ1v) is 10.4. The summed E-state index contributed by atoms with van der Waals surface area (Å²) < 4.78 is 49.3. The molecule has 0 saturated carbocycles. The maximum absolute atomic E-state index is 12.5. The van der Waals surface area contributed by atoms with Gasteiger partial charge >= 0.3 is 12.1 Å². The van der Waals surface area contributed by atoms with E-state index in [1.165, 1.54) is 0 Å². The lowest BCUT2D eigenvalue weighted by Crippen LogP contribution is -2.46. The normalized spacial score (nSPS) is 19.8. The van der Waals surface area contributed by atoms with Crippen LogP contribution < -0.4 is 0 Å². The highest BCUT2D eigenvalue weighted by Crippen LogP contribution is 2.37. The first-order valence-electron chi connectivity index (χ1n) is 10.4. The zero-order valence-corrected chi connectivity index (χ0v) is 18.0. The van der Waals surface area contributed by atoms with Crippen LogP contribution in [0.1, 0.15) is 41.3 Å². The molecule has 4 heterocycles. The molecule has 8 nitrogen and oxygen atoms in total. The fourth-order valence-electron chi connectivity index (χ4n) is 3.77. The van der Waals surface area contributed by atoms with Crippen molar-refractivity contribution in [3.8, 4) is 0 Å². The van der Waals surface area contributed by atoms with Gasteiger partial charge in [-0.2, -0.15) is 13.2 Å². The number of alkyl halides is 3. The monoisotopic (exact) mass is 470 g/mol. The number of likely N-dealkylation sites (tertiary alicyclic amines) is 1. The first-order chi connectivity index (χ1) is 15.6. The van der Waals surface area contributed by atoms with Crippen LogP contribution in [0, 0.1) is 6.92 Å². The number of hydrogen-bond donors (Lipinski definition) is 1. The number of carboxylic acids is 1. The predicted octanol–water partition coefficient (Wildman–Crippen LogP) is 3.60. The van der Waals surface area contributed by atoms with E-state index in [1.54, 1.807) is 12.3 Å². The molecule has 2 fully saturated rings. The third kappa shape index (κ3) is 6.78. The number of hydrogen-bond acceptors (Lipinski definition) is 6. The highest BCUT2D eigenvalue weighted by atomic mass is 19.4. The van der Waals surface area contributed by atoms with Gasteiger partial charge in [0.05, 0.1) is 30.6 Å². The largest absolute Gasteiger partial charge is 0.490 e. The van der Waals surface area contributed by atoms with E-state index in [2.05, 4.69) is 4.98 Å². The van der Waals surface area contributed by atoms with Crippen molar-refractivity contribution in [2.75, 3.05) is 19.7 Å². The van der Waals surface area contributed by atoms with Crippen LogP contribution in [-0.2, 0) is 20.9 Å². The Morgan fingerprint density at radius 1 is 1.24 bits per heavy atom. The van der Waals surface area contributed by atoms with E-state index in [1.807, 2.05) is 36.1 Å². The minimum atomic E-state index is -5.08. The second-order valence-corrected chi connectivity index (χ2v) is 7.96. The van der Waals surface area contributed by atoms with Crippen molar-refractivity contribution < 1.29 is 41.8 Å². The minimum Gasteiger partial charge on any atom is -0.475 e. The summed E-state index contributed by atoms with van der Waals surface area (Å²) in [6.45, 7) is 4.34. The van der Waals surface area contributed by atoms with E-state index in [0.717, 1.165) is 30.7 Å². The molecule has 0 aliphatic carbocycles. The van der Waals surface area contributed by atoms with Gasteiger partial charge in [-0.25, -0.2) is 4.79 Å². The van der Waals surface area contributed by atoms with E-state index in [-0.39, 0.29) is 17.6 Å². The van der Waals surface area contributed by atoms with Crippen molar-refractivity contribution in [2.45, 2.75) is 50.7 Å². The van der Waals surface area contributed by atoms with Crippen molar-refractivity contribution >= 4 is 11.9 Å². The number of nitrogens with zero attached hydrogens (tertiary/aromatic N) is 2. The molecule has 33 heavy (non-hydrogen) atoms. The molecule has 180 valence electrons. The summed E-state index contributed by atoms with van der Waals surface area (Å²) in [4.78, 5) is 27.5. The summed E-state index contributed by atoms with van der Waals surface area (Å²) in [6.07, 6.45) is -0.670. The molecule has 1 spiro atoms. The molecule has 2 saturated heterocycles. The van der Waals surface area contributed by atoms with Crippen LogP contribution >= 0.6 is 0 Å². The number of aromatic nitrogens is 1. The number of carbonyl (C=O) groups excluding carboxylic acids is 1. The minimum absolute atomic E-state index is 0.0334. The Morgan fingerprint density at radius 3 is 2.48 bits per heavy atom. The summed E-state index contributed by atoms with van der Waals surface area (Å²) >= 11 is 0. The molecule has 11 heteroatoms. The second-order valence-electron chi connectivity index (χ2n) is 7.96. The summed E-state index contributed by atoms with van der Waals surface area (Å²) in [5, 5.41) is 7.12. The fourth-order valence-corrected chi connectivity index (χ4v) is 3.77. The lowest BCUT2D eigenvalue weighted by Gasteiger charge is -2.38. The Kier molecular flexibility index (Phi) is 7.75. The molecule has 0 aromatic carbocycles. The van der Waals surface area contributed by atoms with Gasteiger partial charge in [0.1, 0.15) is 5.76 Å². The zero-order valence-electron chi connectivity index (χ0n) is 18.0. The van der Waals surface area contributed by atoms with Gasteiger partial charge in [0, 0.05) is 25.7 Å². The molecule has 2 aliphatic heterocycles. The first kappa shape index (κ1) is 24.7. The van der Waals surface area contributed by atoms with Crippen LogP contribution in [0.3, 0.4) is 0 Å².